The smallest absolute Gasteiger partial charge is 0.337 e. The van der Waals surface area contributed by atoms with Crippen molar-refractivity contribution in [1.82, 2.24) is 4.57 Å². The summed E-state index contributed by atoms with van der Waals surface area (Å²) in [5.74, 6) is -1.43. The highest BCUT2D eigenvalue weighted by atomic mass is 79.9. The highest BCUT2D eigenvalue weighted by Gasteiger charge is 2.18. The lowest BCUT2D eigenvalue weighted by Crippen LogP contribution is -2.14. The Morgan fingerprint density at radius 3 is 2.34 bits per heavy atom. The number of anilines is 1. The zero-order valence-corrected chi connectivity index (χ0v) is 16.9. The van der Waals surface area contributed by atoms with Gasteiger partial charge in [-0.25, -0.2) is 4.79 Å². The number of nitrogens with zero attached hydrogens (tertiary/aromatic N) is 1. The molecule has 4 aromatic rings. The predicted molar refractivity (Wildman–Crippen MR) is 117 cm³/mol. The van der Waals surface area contributed by atoms with Crippen LogP contribution in [0.1, 0.15) is 26.3 Å². The van der Waals surface area contributed by atoms with Gasteiger partial charge < -0.3 is 15.0 Å². The van der Waals surface area contributed by atoms with E-state index in [4.69, 9.17) is 0 Å². The van der Waals surface area contributed by atoms with Crippen LogP contribution < -0.4 is 5.32 Å². The Hall–Kier alpha value is -3.38. The summed E-state index contributed by atoms with van der Waals surface area (Å²) in [5.41, 5.74) is 2.87. The number of hydrogen-bond donors (Lipinski definition) is 2. The number of aromatic carboxylic acids is 1. The number of amides is 1. The summed E-state index contributed by atoms with van der Waals surface area (Å²) in [6.07, 6.45) is 1.81. The molecule has 3 aromatic carbocycles. The molecule has 0 radical (unpaired) electrons. The SMILES string of the molecule is O=C(O)c1ccccc1NC(=O)c1cn(Cc2ccc(Br)cc2)c2ccccc12. The highest BCUT2D eigenvalue weighted by molar-refractivity contribution is 9.10. The van der Waals surface area contributed by atoms with E-state index in [9.17, 15) is 14.7 Å². The number of carboxylic acid groups (broad SMARTS) is 1. The maximum Gasteiger partial charge on any atom is 0.337 e. The second kappa shape index (κ2) is 7.93. The van der Waals surface area contributed by atoms with Gasteiger partial charge in [0.2, 0.25) is 0 Å². The van der Waals surface area contributed by atoms with Gasteiger partial charge in [-0.1, -0.05) is 58.4 Å². The quantitative estimate of drug-likeness (QED) is 0.429. The summed E-state index contributed by atoms with van der Waals surface area (Å²) in [5, 5.41) is 12.9. The van der Waals surface area contributed by atoms with Crippen LogP contribution in [0, 0.1) is 0 Å². The molecular formula is C23H17BrN2O3. The Kier molecular flexibility index (Phi) is 5.18. The van der Waals surface area contributed by atoms with Gasteiger partial charge in [0, 0.05) is 28.1 Å². The Bertz CT molecular complexity index is 1210. The molecule has 144 valence electrons. The molecule has 1 amide bonds. The molecule has 0 saturated carbocycles. The normalized spacial score (nSPS) is 10.8. The fourth-order valence-corrected chi connectivity index (χ4v) is 3.58. The maximum absolute atomic E-state index is 13.0. The number of carbonyl (C=O) groups is 2. The fourth-order valence-electron chi connectivity index (χ4n) is 3.31. The Labute approximate surface area is 175 Å². The van der Waals surface area contributed by atoms with Crippen molar-refractivity contribution in [3.05, 3.63) is 100 Å². The molecule has 5 nitrogen and oxygen atoms in total. The van der Waals surface area contributed by atoms with E-state index < -0.39 is 5.97 Å². The van der Waals surface area contributed by atoms with Crippen molar-refractivity contribution in [1.29, 1.82) is 0 Å². The lowest BCUT2D eigenvalue weighted by Gasteiger charge is -2.07. The lowest BCUT2D eigenvalue weighted by atomic mass is 10.1. The van der Waals surface area contributed by atoms with Crippen molar-refractivity contribution in [3.63, 3.8) is 0 Å². The number of para-hydroxylation sites is 2. The van der Waals surface area contributed by atoms with Gasteiger partial charge in [0.25, 0.3) is 5.91 Å². The summed E-state index contributed by atoms with van der Waals surface area (Å²) in [7, 11) is 0. The first-order chi connectivity index (χ1) is 14.0. The molecule has 0 fully saturated rings. The molecule has 0 aliphatic carbocycles. The number of carboxylic acids is 1. The van der Waals surface area contributed by atoms with E-state index in [2.05, 4.69) is 21.2 Å². The predicted octanol–water partition coefficient (Wildman–Crippen LogP) is 5.40. The average molecular weight is 449 g/mol. The number of benzene rings is 3. The summed E-state index contributed by atoms with van der Waals surface area (Å²) >= 11 is 3.44. The van der Waals surface area contributed by atoms with Crippen LogP contribution >= 0.6 is 15.9 Å². The van der Waals surface area contributed by atoms with Crippen molar-refractivity contribution in [2.24, 2.45) is 0 Å². The van der Waals surface area contributed by atoms with Crippen molar-refractivity contribution in [3.8, 4) is 0 Å². The third-order valence-electron chi connectivity index (χ3n) is 4.71. The summed E-state index contributed by atoms with van der Waals surface area (Å²) < 4.78 is 3.03. The molecule has 0 aliphatic rings. The summed E-state index contributed by atoms with van der Waals surface area (Å²) in [6.45, 7) is 0.618. The number of rotatable bonds is 5. The van der Waals surface area contributed by atoms with E-state index in [1.165, 1.54) is 6.07 Å². The lowest BCUT2D eigenvalue weighted by molar-refractivity contribution is 0.0698. The number of fused-ring (bicyclic) bond motifs is 1. The molecule has 0 aliphatic heterocycles. The minimum Gasteiger partial charge on any atom is -0.478 e. The van der Waals surface area contributed by atoms with Crippen LogP contribution in [0.25, 0.3) is 10.9 Å². The van der Waals surface area contributed by atoms with Gasteiger partial charge in [-0.2, -0.15) is 0 Å². The van der Waals surface area contributed by atoms with E-state index in [-0.39, 0.29) is 17.2 Å². The highest BCUT2D eigenvalue weighted by Crippen LogP contribution is 2.25. The molecule has 0 saturated heterocycles. The Balaban J connectivity index is 1.70. The summed E-state index contributed by atoms with van der Waals surface area (Å²) in [6, 6.07) is 22.1. The number of nitrogens with one attached hydrogen (secondary N) is 1. The van der Waals surface area contributed by atoms with E-state index >= 15 is 0 Å². The molecule has 29 heavy (non-hydrogen) atoms. The van der Waals surface area contributed by atoms with Crippen LogP contribution in [0.2, 0.25) is 0 Å². The maximum atomic E-state index is 13.0. The monoisotopic (exact) mass is 448 g/mol. The van der Waals surface area contributed by atoms with E-state index in [0.29, 0.717) is 12.1 Å². The van der Waals surface area contributed by atoms with Gasteiger partial charge in [-0.15, -0.1) is 0 Å². The van der Waals surface area contributed by atoms with Crippen LogP contribution in [0.4, 0.5) is 5.69 Å². The van der Waals surface area contributed by atoms with Crippen molar-refractivity contribution in [2.75, 3.05) is 5.32 Å². The van der Waals surface area contributed by atoms with Gasteiger partial charge >= 0.3 is 5.97 Å². The third-order valence-corrected chi connectivity index (χ3v) is 5.23. The molecule has 6 heteroatoms. The first kappa shape index (κ1) is 19.0. The van der Waals surface area contributed by atoms with Crippen molar-refractivity contribution < 1.29 is 14.7 Å². The molecule has 0 spiro atoms. The minimum atomic E-state index is -1.08. The molecule has 0 bridgehead atoms. The first-order valence-corrected chi connectivity index (χ1v) is 9.78. The third kappa shape index (κ3) is 3.93. The fraction of sp³-hybridized carbons (Fsp3) is 0.0435. The van der Waals surface area contributed by atoms with Crippen molar-refractivity contribution >= 4 is 44.4 Å². The molecular weight excluding hydrogens is 432 g/mol. The topological polar surface area (TPSA) is 71.3 Å². The Morgan fingerprint density at radius 1 is 0.897 bits per heavy atom. The van der Waals surface area contributed by atoms with Crippen LogP contribution in [-0.4, -0.2) is 21.6 Å². The first-order valence-electron chi connectivity index (χ1n) is 8.99. The van der Waals surface area contributed by atoms with Gasteiger partial charge in [0.15, 0.2) is 0 Å². The Morgan fingerprint density at radius 2 is 1.59 bits per heavy atom. The van der Waals surface area contributed by atoms with Gasteiger partial charge in [0.05, 0.1) is 16.8 Å². The van der Waals surface area contributed by atoms with E-state index in [1.807, 2.05) is 59.3 Å². The molecule has 4 rings (SSSR count). The molecule has 0 atom stereocenters. The molecule has 1 aromatic heterocycles. The van der Waals surface area contributed by atoms with Crippen LogP contribution in [0.5, 0.6) is 0 Å². The zero-order chi connectivity index (χ0) is 20.4. The molecule has 1 heterocycles. The standard InChI is InChI=1S/C23H17BrN2O3/c24-16-11-9-15(10-12-16)13-26-14-19(17-5-2-4-8-21(17)26)22(27)25-20-7-3-1-6-18(20)23(28)29/h1-12,14H,13H2,(H,25,27)(H,28,29). The number of hydrogen-bond acceptors (Lipinski definition) is 2. The van der Waals surface area contributed by atoms with Gasteiger partial charge in [0.1, 0.15) is 0 Å². The average Bonchev–Trinajstić information content (AvgIpc) is 3.09. The minimum absolute atomic E-state index is 0.0550. The summed E-state index contributed by atoms with van der Waals surface area (Å²) in [4.78, 5) is 24.4. The number of carbonyl (C=O) groups excluding carboxylic acids is 1. The van der Waals surface area contributed by atoms with Crippen LogP contribution in [0.3, 0.4) is 0 Å². The van der Waals surface area contributed by atoms with Crippen LogP contribution in [0.15, 0.2) is 83.5 Å². The largest absolute Gasteiger partial charge is 0.478 e. The molecule has 2 N–H and O–H groups in total. The van der Waals surface area contributed by atoms with E-state index in [0.717, 1.165) is 20.9 Å². The zero-order valence-electron chi connectivity index (χ0n) is 15.3. The second-order valence-corrected chi connectivity index (χ2v) is 7.53. The number of aromatic nitrogens is 1. The second-order valence-electron chi connectivity index (χ2n) is 6.62. The van der Waals surface area contributed by atoms with Gasteiger partial charge in [-0.3, -0.25) is 4.79 Å². The van der Waals surface area contributed by atoms with Crippen LogP contribution in [-0.2, 0) is 6.54 Å². The van der Waals surface area contributed by atoms with Gasteiger partial charge in [-0.05, 0) is 35.9 Å². The number of halogens is 1. The van der Waals surface area contributed by atoms with E-state index in [1.54, 1.807) is 18.2 Å². The molecule has 0 unspecified atom stereocenters. The van der Waals surface area contributed by atoms with Crippen molar-refractivity contribution in [2.45, 2.75) is 6.54 Å².